The van der Waals surface area contributed by atoms with Crippen LogP contribution in [-0.2, 0) is 0 Å². The van der Waals surface area contributed by atoms with Gasteiger partial charge in [0.1, 0.15) is 3.92 Å². The molecular weight excluding hydrogens is 268 g/mol. The lowest BCUT2D eigenvalue weighted by atomic mass is 10.2. The van der Waals surface area contributed by atoms with E-state index in [9.17, 15) is 13.2 Å². The zero-order chi connectivity index (χ0) is 8.91. The van der Waals surface area contributed by atoms with Crippen LogP contribution in [0.25, 0.3) is 0 Å². The van der Waals surface area contributed by atoms with Crippen molar-refractivity contribution in [1.82, 2.24) is 0 Å². The molecule has 0 aliphatic heterocycles. The van der Waals surface area contributed by atoms with E-state index >= 15 is 0 Å². The highest BCUT2D eigenvalue weighted by Gasteiger charge is 2.36. The van der Waals surface area contributed by atoms with E-state index < -0.39 is 10.1 Å². The van der Waals surface area contributed by atoms with E-state index in [0.717, 1.165) is 6.42 Å². The third-order valence-corrected chi connectivity index (χ3v) is 2.32. The summed E-state index contributed by atoms with van der Waals surface area (Å²) in [4.78, 5) is 0. The standard InChI is InChI=1S/C7H10F3I/c1-2-3-4-5-6(11)7(8,9)10/h3-4,6H,2,5H2,1H3/b4-3-. The molecule has 4 heteroatoms. The van der Waals surface area contributed by atoms with Crippen LogP contribution in [0.3, 0.4) is 0 Å². The Morgan fingerprint density at radius 1 is 1.36 bits per heavy atom. The van der Waals surface area contributed by atoms with Crippen LogP contribution in [0.1, 0.15) is 19.8 Å². The Morgan fingerprint density at radius 2 is 1.91 bits per heavy atom. The maximum absolute atomic E-state index is 11.8. The number of rotatable bonds is 3. The van der Waals surface area contributed by atoms with Gasteiger partial charge in [-0.2, -0.15) is 13.2 Å². The van der Waals surface area contributed by atoms with Gasteiger partial charge < -0.3 is 0 Å². The van der Waals surface area contributed by atoms with E-state index in [2.05, 4.69) is 0 Å². The molecule has 0 nitrogen and oxygen atoms in total. The van der Waals surface area contributed by atoms with Gasteiger partial charge in [0.05, 0.1) is 0 Å². The van der Waals surface area contributed by atoms with Crippen molar-refractivity contribution >= 4 is 22.6 Å². The summed E-state index contributed by atoms with van der Waals surface area (Å²) < 4.78 is 34.3. The topological polar surface area (TPSA) is 0 Å². The fraction of sp³-hybridized carbons (Fsp3) is 0.714. The summed E-state index contributed by atoms with van der Waals surface area (Å²) in [5.41, 5.74) is 0. The molecule has 0 aromatic rings. The van der Waals surface area contributed by atoms with Crippen molar-refractivity contribution < 1.29 is 13.2 Å². The number of allylic oxidation sites excluding steroid dienone is 2. The smallest absolute Gasteiger partial charge is 0.170 e. The second-order valence-electron chi connectivity index (χ2n) is 2.12. The highest BCUT2D eigenvalue weighted by molar-refractivity contribution is 14.1. The molecule has 0 heterocycles. The molecule has 11 heavy (non-hydrogen) atoms. The first-order valence-corrected chi connectivity index (χ1v) is 4.58. The minimum absolute atomic E-state index is 0.0813. The number of hydrogen-bond acceptors (Lipinski definition) is 0. The highest BCUT2D eigenvalue weighted by Crippen LogP contribution is 2.29. The molecule has 0 aromatic heterocycles. The molecule has 66 valence electrons. The molecule has 0 rings (SSSR count). The summed E-state index contributed by atoms with van der Waals surface area (Å²) in [6.45, 7) is 1.90. The quantitative estimate of drug-likeness (QED) is 0.419. The lowest BCUT2D eigenvalue weighted by Gasteiger charge is -2.10. The normalized spacial score (nSPS) is 15.7. The largest absolute Gasteiger partial charge is 0.400 e. The summed E-state index contributed by atoms with van der Waals surface area (Å²) in [5, 5.41) is 0. The Balaban J connectivity index is 3.69. The average molecular weight is 278 g/mol. The van der Waals surface area contributed by atoms with Crippen molar-refractivity contribution in [3.05, 3.63) is 12.2 Å². The third-order valence-electron chi connectivity index (χ3n) is 1.10. The minimum atomic E-state index is -4.06. The van der Waals surface area contributed by atoms with Crippen molar-refractivity contribution in [2.75, 3.05) is 0 Å². The number of hydrogen-bond donors (Lipinski definition) is 0. The number of alkyl halides is 4. The van der Waals surface area contributed by atoms with Crippen molar-refractivity contribution in [2.24, 2.45) is 0 Å². The van der Waals surface area contributed by atoms with E-state index in [1.165, 1.54) is 22.6 Å². The maximum atomic E-state index is 11.8. The van der Waals surface area contributed by atoms with Crippen LogP contribution in [0.15, 0.2) is 12.2 Å². The first kappa shape index (κ1) is 11.3. The van der Waals surface area contributed by atoms with Crippen molar-refractivity contribution in [2.45, 2.75) is 29.9 Å². The molecule has 0 amide bonds. The summed E-state index contributed by atoms with van der Waals surface area (Å²) in [5.74, 6) is 0. The highest BCUT2D eigenvalue weighted by atomic mass is 127. The fourth-order valence-electron chi connectivity index (χ4n) is 0.516. The van der Waals surface area contributed by atoms with E-state index in [4.69, 9.17) is 0 Å². The van der Waals surface area contributed by atoms with Crippen molar-refractivity contribution in [3.8, 4) is 0 Å². The molecule has 0 aliphatic carbocycles. The van der Waals surface area contributed by atoms with Crippen LogP contribution < -0.4 is 0 Å². The van der Waals surface area contributed by atoms with Crippen molar-refractivity contribution in [3.63, 3.8) is 0 Å². The second kappa shape index (κ2) is 5.00. The van der Waals surface area contributed by atoms with Gasteiger partial charge in [-0.3, -0.25) is 0 Å². The molecule has 0 aromatic carbocycles. The van der Waals surface area contributed by atoms with Gasteiger partial charge >= 0.3 is 6.18 Å². The van der Waals surface area contributed by atoms with Gasteiger partial charge in [-0.15, -0.1) is 0 Å². The molecule has 1 atom stereocenters. The van der Waals surface area contributed by atoms with Crippen LogP contribution in [-0.4, -0.2) is 10.1 Å². The van der Waals surface area contributed by atoms with Crippen LogP contribution in [0.5, 0.6) is 0 Å². The zero-order valence-corrected chi connectivity index (χ0v) is 8.32. The monoisotopic (exact) mass is 278 g/mol. The lowest BCUT2D eigenvalue weighted by molar-refractivity contribution is -0.124. The van der Waals surface area contributed by atoms with E-state index in [1.807, 2.05) is 6.92 Å². The predicted molar refractivity (Wildman–Crippen MR) is 47.9 cm³/mol. The lowest BCUT2D eigenvalue weighted by Crippen LogP contribution is -2.21. The van der Waals surface area contributed by atoms with Gasteiger partial charge in [-0.1, -0.05) is 41.7 Å². The summed E-state index contributed by atoms with van der Waals surface area (Å²) in [6.07, 6.45) is 0.139. The number of halogens is 4. The minimum Gasteiger partial charge on any atom is -0.170 e. The average Bonchev–Trinajstić information content (AvgIpc) is 1.86. The molecule has 0 spiro atoms. The Hall–Kier alpha value is 0.260. The summed E-state index contributed by atoms with van der Waals surface area (Å²) in [6, 6.07) is 0. The van der Waals surface area contributed by atoms with Crippen LogP contribution in [0, 0.1) is 0 Å². The molecule has 0 radical (unpaired) electrons. The molecule has 0 saturated heterocycles. The molecule has 0 bridgehead atoms. The van der Waals surface area contributed by atoms with E-state index in [1.54, 1.807) is 12.2 Å². The van der Waals surface area contributed by atoms with Crippen LogP contribution in [0.2, 0.25) is 0 Å². The molecule has 0 saturated carbocycles. The summed E-state index contributed by atoms with van der Waals surface area (Å²) in [7, 11) is 0. The Labute approximate surface area is 78.0 Å². The second-order valence-corrected chi connectivity index (χ2v) is 3.63. The van der Waals surface area contributed by atoms with Crippen LogP contribution in [0.4, 0.5) is 13.2 Å². The molecule has 0 aliphatic rings. The first-order valence-electron chi connectivity index (χ1n) is 3.34. The van der Waals surface area contributed by atoms with Gasteiger partial charge in [0.25, 0.3) is 0 Å². The first-order chi connectivity index (χ1) is 4.98. The Bertz CT molecular complexity index is 128. The van der Waals surface area contributed by atoms with Gasteiger partial charge in [0.15, 0.2) is 0 Å². The summed E-state index contributed by atoms with van der Waals surface area (Å²) >= 11 is 1.41. The van der Waals surface area contributed by atoms with Gasteiger partial charge in [-0.05, 0) is 12.8 Å². The van der Waals surface area contributed by atoms with Crippen molar-refractivity contribution in [1.29, 1.82) is 0 Å². The zero-order valence-electron chi connectivity index (χ0n) is 6.16. The molecule has 0 N–H and O–H groups in total. The molecular formula is C7H10F3I. The van der Waals surface area contributed by atoms with E-state index in [0.29, 0.717) is 0 Å². The van der Waals surface area contributed by atoms with Crippen LogP contribution >= 0.6 is 22.6 Å². The Kier molecular flexibility index (Phi) is 5.12. The predicted octanol–water partition coefficient (Wildman–Crippen LogP) is 3.71. The maximum Gasteiger partial charge on any atom is 0.400 e. The molecule has 1 unspecified atom stereocenters. The van der Waals surface area contributed by atoms with Gasteiger partial charge in [0, 0.05) is 0 Å². The SMILES string of the molecule is CC/C=C\CC(I)C(F)(F)F. The molecule has 0 fully saturated rings. The van der Waals surface area contributed by atoms with Gasteiger partial charge in [0.2, 0.25) is 0 Å². The van der Waals surface area contributed by atoms with Gasteiger partial charge in [-0.25, -0.2) is 0 Å². The van der Waals surface area contributed by atoms with E-state index in [-0.39, 0.29) is 6.42 Å². The fourth-order valence-corrected chi connectivity index (χ4v) is 0.810. The third kappa shape index (κ3) is 5.52. The Morgan fingerprint density at radius 3 is 2.27 bits per heavy atom.